The first-order chi connectivity index (χ1) is 8.19. The molecule has 0 saturated carbocycles. The number of carbonyl (C=O) groups excluding carboxylic acids is 2. The van der Waals surface area contributed by atoms with Crippen LogP contribution in [0.4, 0.5) is 0 Å². The Bertz CT molecular complexity index is 258. The zero-order valence-corrected chi connectivity index (χ0v) is 11.0. The van der Waals surface area contributed by atoms with Gasteiger partial charge in [0.05, 0.1) is 0 Å². The maximum absolute atomic E-state index is 12.2. The fourth-order valence-corrected chi connectivity index (χ4v) is 2.05. The molecule has 1 N–H and O–H groups in total. The van der Waals surface area contributed by atoms with Gasteiger partial charge in [-0.2, -0.15) is 0 Å². The van der Waals surface area contributed by atoms with E-state index < -0.39 is 0 Å². The molecular formula is C13H24N2O2. The Kier molecular flexibility index (Phi) is 6.01. The highest BCUT2D eigenvalue weighted by Gasteiger charge is 2.30. The number of hydrogen-bond acceptors (Lipinski definition) is 2. The monoisotopic (exact) mass is 240 g/mol. The van der Waals surface area contributed by atoms with Gasteiger partial charge in [-0.3, -0.25) is 9.59 Å². The SMILES string of the molecule is CCCCN(CCCC)C(=O)[C@@H]1CCC(=O)N1. The minimum absolute atomic E-state index is 0.00860. The van der Waals surface area contributed by atoms with Crippen molar-refractivity contribution in [3.8, 4) is 0 Å². The maximum atomic E-state index is 12.2. The molecule has 1 rings (SSSR count). The molecule has 1 aliphatic rings. The lowest BCUT2D eigenvalue weighted by Gasteiger charge is -2.25. The van der Waals surface area contributed by atoms with E-state index in [0.29, 0.717) is 12.8 Å². The van der Waals surface area contributed by atoms with Crippen molar-refractivity contribution < 1.29 is 9.59 Å². The first-order valence-electron chi connectivity index (χ1n) is 6.77. The van der Waals surface area contributed by atoms with E-state index in [-0.39, 0.29) is 17.9 Å². The van der Waals surface area contributed by atoms with Gasteiger partial charge in [0.25, 0.3) is 0 Å². The molecule has 17 heavy (non-hydrogen) atoms. The smallest absolute Gasteiger partial charge is 0.245 e. The molecule has 1 fully saturated rings. The summed E-state index contributed by atoms with van der Waals surface area (Å²) in [5, 5.41) is 2.76. The quantitative estimate of drug-likeness (QED) is 0.736. The molecule has 0 bridgehead atoms. The summed E-state index contributed by atoms with van der Waals surface area (Å²) in [6.45, 7) is 5.89. The normalized spacial score (nSPS) is 19.2. The van der Waals surface area contributed by atoms with Crippen molar-refractivity contribution in [2.45, 2.75) is 58.4 Å². The summed E-state index contributed by atoms with van der Waals surface area (Å²) in [7, 11) is 0. The topological polar surface area (TPSA) is 49.4 Å². The molecule has 0 spiro atoms. The van der Waals surface area contributed by atoms with E-state index >= 15 is 0 Å². The van der Waals surface area contributed by atoms with Gasteiger partial charge >= 0.3 is 0 Å². The van der Waals surface area contributed by atoms with Crippen molar-refractivity contribution in [2.75, 3.05) is 13.1 Å². The van der Waals surface area contributed by atoms with Gasteiger partial charge in [-0.25, -0.2) is 0 Å². The van der Waals surface area contributed by atoms with Crippen LogP contribution in [0.1, 0.15) is 52.4 Å². The number of amides is 2. The van der Waals surface area contributed by atoms with Crippen LogP contribution in [0.15, 0.2) is 0 Å². The lowest BCUT2D eigenvalue weighted by atomic mass is 10.1. The summed E-state index contributed by atoms with van der Waals surface area (Å²) >= 11 is 0. The Morgan fingerprint density at radius 1 is 1.29 bits per heavy atom. The Hall–Kier alpha value is -1.06. The summed E-state index contributed by atoms with van der Waals surface area (Å²) < 4.78 is 0. The lowest BCUT2D eigenvalue weighted by Crippen LogP contribution is -2.45. The zero-order chi connectivity index (χ0) is 12.7. The van der Waals surface area contributed by atoms with E-state index in [1.165, 1.54) is 0 Å². The molecule has 1 heterocycles. The van der Waals surface area contributed by atoms with Crippen LogP contribution in [0.5, 0.6) is 0 Å². The van der Waals surface area contributed by atoms with Gasteiger partial charge in [-0.15, -0.1) is 0 Å². The third kappa shape index (κ3) is 4.36. The summed E-state index contributed by atoms with van der Waals surface area (Å²) in [5.41, 5.74) is 0. The highest BCUT2D eigenvalue weighted by atomic mass is 16.2. The van der Waals surface area contributed by atoms with Crippen molar-refractivity contribution in [1.29, 1.82) is 0 Å². The molecule has 0 aromatic rings. The molecule has 0 radical (unpaired) electrons. The Morgan fingerprint density at radius 2 is 1.88 bits per heavy atom. The molecule has 2 amide bonds. The predicted molar refractivity (Wildman–Crippen MR) is 67.6 cm³/mol. The molecule has 4 nitrogen and oxygen atoms in total. The van der Waals surface area contributed by atoms with Gasteiger partial charge in [0.15, 0.2) is 0 Å². The van der Waals surface area contributed by atoms with Crippen LogP contribution in [0, 0.1) is 0 Å². The average molecular weight is 240 g/mol. The molecule has 0 unspecified atom stereocenters. The molecule has 4 heteroatoms. The van der Waals surface area contributed by atoms with Gasteiger partial charge in [-0.1, -0.05) is 26.7 Å². The first kappa shape index (κ1) is 14.0. The Labute approximate surface area is 104 Å². The van der Waals surface area contributed by atoms with Gasteiger partial charge in [0.2, 0.25) is 11.8 Å². The van der Waals surface area contributed by atoms with Crippen molar-refractivity contribution in [3.05, 3.63) is 0 Å². The van der Waals surface area contributed by atoms with E-state index in [1.54, 1.807) is 0 Å². The number of nitrogens with zero attached hydrogens (tertiary/aromatic N) is 1. The highest BCUT2D eigenvalue weighted by Crippen LogP contribution is 2.11. The number of hydrogen-bond donors (Lipinski definition) is 1. The molecule has 1 saturated heterocycles. The van der Waals surface area contributed by atoms with E-state index in [1.807, 2.05) is 4.90 Å². The first-order valence-corrected chi connectivity index (χ1v) is 6.77. The highest BCUT2D eigenvalue weighted by molar-refractivity contribution is 5.90. The molecular weight excluding hydrogens is 216 g/mol. The lowest BCUT2D eigenvalue weighted by molar-refractivity contribution is -0.134. The maximum Gasteiger partial charge on any atom is 0.245 e. The fourth-order valence-electron chi connectivity index (χ4n) is 2.05. The van der Waals surface area contributed by atoms with Crippen molar-refractivity contribution in [3.63, 3.8) is 0 Å². The predicted octanol–water partition coefficient (Wildman–Crippen LogP) is 1.69. The van der Waals surface area contributed by atoms with Crippen LogP contribution in [-0.4, -0.2) is 35.8 Å². The third-order valence-corrected chi connectivity index (χ3v) is 3.17. The van der Waals surface area contributed by atoms with Gasteiger partial charge in [0.1, 0.15) is 6.04 Å². The van der Waals surface area contributed by atoms with Gasteiger partial charge < -0.3 is 10.2 Å². The van der Waals surface area contributed by atoms with Crippen LogP contribution in [0.25, 0.3) is 0 Å². The molecule has 0 aromatic carbocycles. The van der Waals surface area contributed by atoms with Gasteiger partial charge in [-0.05, 0) is 19.3 Å². The second-order valence-electron chi connectivity index (χ2n) is 4.69. The van der Waals surface area contributed by atoms with Crippen LogP contribution in [0.3, 0.4) is 0 Å². The standard InChI is InChI=1S/C13H24N2O2/c1-3-5-9-15(10-6-4-2)13(17)11-7-8-12(16)14-11/h11H,3-10H2,1-2H3,(H,14,16)/t11-/m0/s1. The minimum atomic E-state index is -0.267. The Balaban J connectivity index is 2.48. The molecule has 1 atom stereocenters. The van der Waals surface area contributed by atoms with E-state index in [2.05, 4.69) is 19.2 Å². The minimum Gasteiger partial charge on any atom is -0.344 e. The third-order valence-electron chi connectivity index (χ3n) is 3.17. The van der Waals surface area contributed by atoms with E-state index in [0.717, 1.165) is 38.8 Å². The van der Waals surface area contributed by atoms with Crippen LogP contribution < -0.4 is 5.32 Å². The molecule has 0 aromatic heterocycles. The zero-order valence-electron chi connectivity index (χ0n) is 11.0. The summed E-state index contributed by atoms with van der Waals surface area (Å²) in [5.74, 6) is 0.118. The van der Waals surface area contributed by atoms with Crippen LogP contribution >= 0.6 is 0 Å². The largest absolute Gasteiger partial charge is 0.344 e. The summed E-state index contributed by atoms with van der Waals surface area (Å²) in [6, 6.07) is -0.267. The molecule has 1 aliphatic heterocycles. The van der Waals surface area contributed by atoms with E-state index in [9.17, 15) is 9.59 Å². The van der Waals surface area contributed by atoms with E-state index in [4.69, 9.17) is 0 Å². The van der Waals surface area contributed by atoms with Crippen molar-refractivity contribution in [1.82, 2.24) is 10.2 Å². The number of unbranched alkanes of at least 4 members (excludes halogenated alkanes) is 2. The van der Waals surface area contributed by atoms with Gasteiger partial charge in [0, 0.05) is 19.5 Å². The summed E-state index contributed by atoms with van der Waals surface area (Å²) in [6.07, 6.45) is 5.41. The fraction of sp³-hybridized carbons (Fsp3) is 0.846. The molecule has 0 aliphatic carbocycles. The Morgan fingerprint density at radius 3 is 2.29 bits per heavy atom. The second-order valence-corrected chi connectivity index (χ2v) is 4.69. The molecule has 98 valence electrons. The number of nitrogens with one attached hydrogen (secondary N) is 1. The van der Waals surface area contributed by atoms with Crippen LogP contribution in [0.2, 0.25) is 0 Å². The summed E-state index contributed by atoms with van der Waals surface area (Å²) in [4.78, 5) is 25.3. The van der Waals surface area contributed by atoms with Crippen molar-refractivity contribution >= 4 is 11.8 Å². The second kappa shape index (κ2) is 7.30. The van der Waals surface area contributed by atoms with Crippen molar-refractivity contribution in [2.24, 2.45) is 0 Å². The van der Waals surface area contributed by atoms with Crippen LogP contribution in [-0.2, 0) is 9.59 Å². The number of carbonyl (C=O) groups is 2. The number of rotatable bonds is 7. The average Bonchev–Trinajstić information content (AvgIpc) is 2.75.